The van der Waals surface area contributed by atoms with Gasteiger partial charge in [0.15, 0.2) is 0 Å². The van der Waals surface area contributed by atoms with Gasteiger partial charge in [0.25, 0.3) is 0 Å². The molecule has 0 fully saturated rings. The van der Waals surface area contributed by atoms with E-state index in [4.69, 9.17) is 9.15 Å². The maximum absolute atomic E-state index is 12.0. The van der Waals surface area contributed by atoms with E-state index in [1.54, 1.807) is 31.2 Å². The maximum Gasteiger partial charge on any atom is 0.237 e. The molecule has 0 aliphatic heterocycles. The number of carbonyl (C=O) groups is 1. The molecule has 1 aromatic heterocycles. The molecule has 0 aliphatic carbocycles. The van der Waals surface area contributed by atoms with Gasteiger partial charge in [-0.05, 0) is 25.1 Å². The first-order chi connectivity index (χ1) is 9.61. The topological polar surface area (TPSA) is 68.5 Å². The van der Waals surface area contributed by atoms with Gasteiger partial charge in [0.2, 0.25) is 5.91 Å². The smallest absolute Gasteiger partial charge is 0.237 e. The van der Waals surface area contributed by atoms with Crippen molar-refractivity contribution in [2.75, 3.05) is 18.2 Å². The Bertz CT molecular complexity index is 636. The number of ether oxygens (including phenoxy) is 1. The highest BCUT2D eigenvalue weighted by molar-refractivity contribution is 7.85. The normalized spacial score (nSPS) is 11.9. The maximum atomic E-state index is 12.0. The van der Waals surface area contributed by atoms with Crippen LogP contribution in [0.15, 0.2) is 45.9 Å². The molecule has 1 aromatic carbocycles. The van der Waals surface area contributed by atoms with Gasteiger partial charge in [-0.15, -0.1) is 0 Å². The van der Waals surface area contributed by atoms with Crippen molar-refractivity contribution < 1.29 is 18.2 Å². The number of nitrogens with one attached hydrogen (secondary N) is 1. The van der Waals surface area contributed by atoms with Crippen LogP contribution in [0.4, 0.5) is 5.69 Å². The number of para-hydroxylation sites is 2. The Kier molecular flexibility index (Phi) is 4.57. The number of carbonyl (C=O) groups excluding carboxylic acids is 1. The zero-order chi connectivity index (χ0) is 14.5. The minimum absolute atomic E-state index is 0.127. The summed E-state index contributed by atoms with van der Waals surface area (Å²) in [5, 5.41) is 2.69. The lowest BCUT2D eigenvalue weighted by atomic mass is 10.3. The van der Waals surface area contributed by atoms with Crippen LogP contribution in [0, 0.1) is 6.92 Å². The van der Waals surface area contributed by atoms with Crippen LogP contribution in [0.2, 0.25) is 0 Å². The van der Waals surface area contributed by atoms with Gasteiger partial charge in [0, 0.05) is 0 Å². The van der Waals surface area contributed by atoms with Crippen LogP contribution in [0.1, 0.15) is 5.76 Å². The number of aryl methyl sites for hydroxylation is 1. The van der Waals surface area contributed by atoms with Crippen molar-refractivity contribution in [1.82, 2.24) is 0 Å². The lowest BCUT2D eigenvalue weighted by Crippen LogP contribution is -2.20. The second-order valence-corrected chi connectivity index (χ2v) is 5.50. The molecule has 1 amide bonds. The molecule has 1 atom stereocenters. The summed E-state index contributed by atoms with van der Waals surface area (Å²) >= 11 is 0. The predicted molar refractivity (Wildman–Crippen MR) is 76.3 cm³/mol. The molecule has 0 saturated carbocycles. The molecule has 2 rings (SSSR count). The van der Waals surface area contributed by atoms with E-state index < -0.39 is 10.8 Å². The molecule has 0 bridgehead atoms. The van der Waals surface area contributed by atoms with Crippen molar-refractivity contribution >= 4 is 22.4 Å². The number of rotatable bonds is 5. The number of furan rings is 1. The van der Waals surface area contributed by atoms with Gasteiger partial charge >= 0.3 is 0 Å². The molecule has 2 aromatic rings. The third-order valence-corrected chi connectivity index (χ3v) is 4.14. The van der Waals surface area contributed by atoms with E-state index >= 15 is 0 Å². The highest BCUT2D eigenvalue weighted by atomic mass is 32.2. The van der Waals surface area contributed by atoms with Gasteiger partial charge < -0.3 is 14.5 Å². The molecule has 0 unspecified atom stereocenters. The van der Waals surface area contributed by atoms with Crippen molar-refractivity contribution in [2.24, 2.45) is 0 Å². The first kappa shape index (κ1) is 14.3. The molecule has 1 heterocycles. The van der Waals surface area contributed by atoms with Crippen molar-refractivity contribution in [3.05, 3.63) is 42.4 Å². The Labute approximate surface area is 119 Å². The second kappa shape index (κ2) is 6.38. The Morgan fingerprint density at radius 2 is 2.10 bits per heavy atom. The second-order valence-electron chi connectivity index (χ2n) is 4.08. The van der Waals surface area contributed by atoms with Crippen LogP contribution in [-0.4, -0.2) is 23.0 Å². The fourth-order valence-corrected chi connectivity index (χ4v) is 2.78. The first-order valence-electron chi connectivity index (χ1n) is 5.97. The summed E-state index contributed by atoms with van der Waals surface area (Å²) in [6.07, 6.45) is 1.46. The molecule has 0 radical (unpaired) electrons. The van der Waals surface area contributed by atoms with E-state index in [-0.39, 0.29) is 11.7 Å². The van der Waals surface area contributed by atoms with Gasteiger partial charge in [0.1, 0.15) is 17.3 Å². The summed E-state index contributed by atoms with van der Waals surface area (Å²) in [6.45, 7) is 1.71. The Hall–Kier alpha value is -2.08. The number of hydrogen-bond acceptors (Lipinski definition) is 4. The van der Waals surface area contributed by atoms with Crippen LogP contribution in [0.5, 0.6) is 5.75 Å². The average molecular weight is 293 g/mol. The van der Waals surface area contributed by atoms with E-state index in [2.05, 4.69) is 5.32 Å². The van der Waals surface area contributed by atoms with E-state index in [1.165, 1.54) is 13.4 Å². The zero-order valence-corrected chi connectivity index (χ0v) is 12.0. The first-order valence-corrected chi connectivity index (χ1v) is 7.29. The summed E-state index contributed by atoms with van der Waals surface area (Å²) in [6, 6.07) is 8.67. The monoisotopic (exact) mass is 293 g/mol. The van der Waals surface area contributed by atoms with E-state index in [1.807, 2.05) is 6.07 Å². The number of benzene rings is 1. The van der Waals surface area contributed by atoms with Crippen molar-refractivity contribution in [3.63, 3.8) is 0 Å². The summed E-state index contributed by atoms with van der Waals surface area (Å²) in [7, 11) is 0.103. The van der Waals surface area contributed by atoms with Crippen molar-refractivity contribution in [2.45, 2.75) is 11.8 Å². The fourth-order valence-electron chi connectivity index (χ4n) is 1.74. The van der Waals surface area contributed by atoms with Crippen LogP contribution in [0.25, 0.3) is 0 Å². The van der Waals surface area contributed by atoms with Gasteiger partial charge in [-0.1, -0.05) is 12.1 Å². The van der Waals surface area contributed by atoms with Crippen LogP contribution < -0.4 is 10.1 Å². The minimum atomic E-state index is -1.42. The molecule has 0 saturated heterocycles. The van der Waals surface area contributed by atoms with E-state index in [0.717, 1.165) is 0 Å². The van der Waals surface area contributed by atoms with Gasteiger partial charge in [-0.25, -0.2) is 0 Å². The Morgan fingerprint density at radius 3 is 2.75 bits per heavy atom. The van der Waals surface area contributed by atoms with Crippen LogP contribution >= 0.6 is 0 Å². The standard InChI is InChI=1S/C14H15NO4S/c1-10-13(7-8-19-10)20(17)9-14(16)15-11-5-3-4-6-12(11)18-2/h3-8H,9H2,1-2H3,(H,15,16)/t20-/m1/s1. The SMILES string of the molecule is COc1ccccc1NC(=O)C[S@@](=O)c1ccoc1C. The van der Waals surface area contributed by atoms with Gasteiger partial charge in [-0.2, -0.15) is 0 Å². The summed E-state index contributed by atoms with van der Waals surface area (Å²) in [5.74, 6) is 0.659. The van der Waals surface area contributed by atoms with Crippen LogP contribution in [-0.2, 0) is 15.6 Å². The quantitative estimate of drug-likeness (QED) is 0.918. The fraction of sp³-hybridized carbons (Fsp3) is 0.214. The largest absolute Gasteiger partial charge is 0.495 e. The van der Waals surface area contributed by atoms with Gasteiger partial charge in [-0.3, -0.25) is 9.00 Å². The molecule has 1 N–H and O–H groups in total. The number of amides is 1. The molecule has 0 aliphatic rings. The number of hydrogen-bond donors (Lipinski definition) is 1. The highest BCUT2D eigenvalue weighted by Gasteiger charge is 2.15. The summed E-state index contributed by atoms with van der Waals surface area (Å²) in [4.78, 5) is 12.4. The van der Waals surface area contributed by atoms with Crippen LogP contribution in [0.3, 0.4) is 0 Å². The molecular weight excluding hydrogens is 278 g/mol. The highest BCUT2D eigenvalue weighted by Crippen LogP contribution is 2.23. The van der Waals surface area contributed by atoms with Crippen molar-refractivity contribution in [3.8, 4) is 5.75 Å². The lowest BCUT2D eigenvalue weighted by molar-refractivity contribution is -0.113. The number of anilines is 1. The lowest BCUT2D eigenvalue weighted by Gasteiger charge is -2.09. The molecule has 106 valence electrons. The molecule has 6 heteroatoms. The summed E-state index contributed by atoms with van der Waals surface area (Å²) in [5.41, 5.74) is 0.556. The van der Waals surface area contributed by atoms with Gasteiger partial charge in [0.05, 0.1) is 34.8 Å². The predicted octanol–water partition coefficient (Wildman–Crippen LogP) is 2.34. The Morgan fingerprint density at radius 1 is 1.35 bits per heavy atom. The third kappa shape index (κ3) is 3.27. The molecule has 0 spiro atoms. The average Bonchev–Trinajstić information content (AvgIpc) is 2.85. The zero-order valence-electron chi connectivity index (χ0n) is 11.2. The minimum Gasteiger partial charge on any atom is -0.495 e. The third-order valence-electron chi connectivity index (χ3n) is 2.70. The van der Waals surface area contributed by atoms with Crippen molar-refractivity contribution in [1.29, 1.82) is 0 Å². The molecule has 20 heavy (non-hydrogen) atoms. The molecule has 5 nitrogen and oxygen atoms in total. The number of methoxy groups -OCH3 is 1. The Balaban J connectivity index is 2.03. The molecular formula is C14H15NO4S. The van der Waals surface area contributed by atoms with E-state index in [9.17, 15) is 9.00 Å². The summed E-state index contributed by atoms with van der Waals surface area (Å²) < 4.78 is 22.3. The van der Waals surface area contributed by atoms with E-state index in [0.29, 0.717) is 22.1 Å².